The number of ether oxygens (including phenoxy) is 1. The highest BCUT2D eigenvalue weighted by molar-refractivity contribution is 6.03. The molecule has 3 heterocycles. The Bertz CT molecular complexity index is 1150. The molecule has 0 aliphatic carbocycles. The third kappa shape index (κ3) is 4.02. The SMILES string of the molecule is COc1cnnc(C(=O)Nc2ccc3oc(=O)n(CC(=O)N4CCCCC4)c3c2)c1. The van der Waals surface area contributed by atoms with E-state index in [2.05, 4.69) is 15.5 Å². The number of likely N-dealkylation sites (tertiary alicyclic amines) is 1. The van der Waals surface area contributed by atoms with E-state index in [-0.39, 0.29) is 18.1 Å². The predicted molar refractivity (Wildman–Crippen MR) is 107 cm³/mol. The molecule has 0 radical (unpaired) electrons. The molecule has 1 fully saturated rings. The zero-order valence-corrected chi connectivity index (χ0v) is 16.5. The lowest BCUT2D eigenvalue weighted by Gasteiger charge is -2.26. The van der Waals surface area contributed by atoms with Gasteiger partial charge in [0.2, 0.25) is 5.91 Å². The summed E-state index contributed by atoms with van der Waals surface area (Å²) in [5, 5.41) is 10.2. The number of aromatic nitrogens is 3. The summed E-state index contributed by atoms with van der Waals surface area (Å²) in [6, 6.07) is 6.24. The fraction of sp³-hybridized carbons (Fsp3) is 0.350. The largest absolute Gasteiger partial charge is 0.495 e. The van der Waals surface area contributed by atoms with E-state index in [9.17, 15) is 14.4 Å². The summed E-state index contributed by atoms with van der Waals surface area (Å²) >= 11 is 0. The highest BCUT2D eigenvalue weighted by atomic mass is 16.5. The molecule has 156 valence electrons. The van der Waals surface area contributed by atoms with Gasteiger partial charge >= 0.3 is 5.76 Å². The lowest BCUT2D eigenvalue weighted by molar-refractivity contribution is -0.132. The minimum atomic E-state index is -0.613. The molecule has 2 aromatic heterocycles. The summed E-state index contributed by atoms with van der Waals surface area (Å²) in [5.74, 6) is -0.814. The maximum atomic E-state index is 12.6. The molecule has 0 atom stereocenters. The number of hydrogen-bond acceptors (Lipinski definition) is 7. The Balaban J connectivity index is 1.57. The van der Waals surface area contributed by atoms with Crippen molar-refractivity contribution in [2.45, 2.75) is 25.8 Å². The summed E-state index contributed by atoms with van der Waals surface area (Å²) in [6.07, 6.45) is 4.44. The van der Waals surface area contributed by atoms with E-state index in [1.807, 2.05) is 0 Å². The third-order valence-corrected chi connectivity index (χ3v) is 5.03. The first-order valence-electron chi connectivity index (χ1n) is 9.64. The molecule has 1 aliphatic rings. The molecule has 0 bridgehead atoms. The van der Waals surface area contributed by atoms with E-state index < -0.39 is 11.7 Å². The molecule has 1 aromatic carbocycles. The number of fused-ring (bicyclic) bond motifs is 1. The van der Waals surface area contributed by atoms with Gasteiger partial charge in [-0.2, -0.15) is 5.10 Å². The van der Waals surface area contributed by atoms with Crippen LogP contribution in [-0.2, 0) is 11.3 Å². The van der Waals surface area contributed by atoms with Crippen LogP contribution in [0.2, 0.25) is 0 Å². The van der Waals surface area contributed by atoms with E-state index in [0.29, 0.717) is 35.6 Å². The molecule has 0 spiro atoms. The number of nitrogens with one attached hydrogen (secondary N) is 1. The number of benzene rings is 1. The molecule has 10 nitrogen and oxygen atoms in total. The summed E-state index contributed by atoms with van der Waals surface area (Å²) in [7, 11) is 1.47. The van der Waals surface area contributed by atoms with Gasteiger partial charge in [0.15, 0.2) is 11.3 Å². The number of rotatable bonds is 5. The van der Waals surface area contributed by atoms with Gasteiger partial charge in [-0.1, -0.05) is 0 Å². The van der Waals surface area contributed by atoms with Crippen LogP contribution in [0.25, 0.3) is 11.1 Å². The van der Waals surface area contributed by atoms with Gasteiger partial charge in [-0.05, 0) is 37.5 Å². The molecule has 0 saturated carbocycles. The quantitative estimate of drug-likeness (QED) is 0.678. The summed E-state index contributed by atoms with van der Waals surface area (Å²) in [6.45, 7) is 1.29. The van der Waals surface area contributed by atoms with Crippen LogP contribution in [0.1, 0.15) is 29.8 Å². The Kier molecular flexibility index (Phi) is 5.46. The summed E-state index contributed by atoms with van der Waals surface area (Å²) in [5.41, 5.74) is 1.28. The summed E-state index contributed by atoms with van der Waals surface area (Å²) in [4.78, 5) is 39.1. The van der Waals surface area contributed by atoms with Crippen molar-refractivity contribution in [1.82, 2.24) is 19.7 Å². The molecule has 4 rings (SSSR count). The van der Waals surface area contributed by atoms with Crippen LogP contribution in [0.3, 0.4) is 0 Å². The first kappa shape index (κ1) is 19.6. The van der Waals surface area contributed by atoms with Crippen LogP contribution in [0.4, 0.5) is 5.69 Å². The number of carbonyl (C=O) groups is 2. The van der Waals surface area contributed by atoms with Crippen LogP contribution < -0.4 is 15.8 Å². The van der Waals surface area contributed by atoms with E-state index in [1.54, 1.807) is 23.1 Å². The number of piperidine rings is 1. The minimum absolute atomic E-state index is 0.0827. The monoisotopic (exact) mass is 411 g/mol. The van der Waals surface area contributed by atoms with Gasteiger partial charge in [0.1, 0.15) is 12.3 Å². The van der Waals surface area contributed by atoms with Crippen LogP contribution in [0.5, 0.6) is 5.75 Å². The second-order valence-electron chi connectivity index (χ2n) is 7.01. The maximum absolute atomic E-state index is 12.6. The molecule has 10 heteroatoms. The molecular formula is C20H21N5O5. The molecule has 1 N–H and O–H groups in total. The first-order chi connectivity index (χ1) is 14.5. The van der Waals surface area contributed by atoms with Gasteiger partial charge in [-0.3, -0.25) is 14.2 Å². The number of nitrogens with zero attached hydrogens (tertiary/aromatic N) is 4. The van der Waals surface area contributed by atoms with Gasteiger partial charge in [0.25, 0.3) is 5.91 Å². The van der Waals surface area contributed by atoms with E-state index in [0.717, 1.165) is 19.3 Å². The molecule has 1 aliphatic heterocycles. The molecule has 1 saturated heterocycles. The number of hydrogen-bond donors (Lipinski definition) is 1. The highest BCUT2D eigenvalue weighted by Crippen LogP contribution is 2.20. The first-order valence-corrected chi connectivity index (χ1v) is 9.64. The highest BCUT2D eigenvalue weighted by Gasteiger charge is 2.20. The molecule has 2 amide bonds. The van der Waals surface area contributed by atoms with E-state index in [4.69, 9.17) is 9.15 Å². The lowest BCUT2D eigenvalue weighted by atomic mass is 10.1. The van der Waals surface area contributed by atoms with Crippen molar-refractivity contribution >= 4 is 28.6 Å². The van der Waals surface area contributed by atoms with Crippen molar-refractivity contribution < 1.29 is 18.7 Å². The van der Waals surface area contributed by atoms with Crippen molar-refractivity contribution in [2.24, 2.45) is 0 Å². The molecule has 30 heavy (non-hydrogen) atoms. The Labute approximate surface area is 171 Å². The average molecular weight is 411 g/mol. The second-order valence-corrected chi connectivity index (χ2v) is 7.01. The van der Waals surface area contributed by atoms with Gasteiger partial charge in [-0.25, -0.2) is 4.79 Å². The Hall–Kier alpha value is -3.69. The van der Waals surface area contributed by atoms with Crippen molar-refractivity contribution in [3.05, 3.63) is 46.7 Å². The van der Waals surface area contributed by atoms with Crippen molar-refractivity contribution in [1.29, 1.82) is 0 Å². The molecule has 0 unspecified atom stereocenters. The number of amides is 2. The second kappa shape index (κ2) is 8.36. The Morgan fingerprint density at radius 2 is 2.00 bits per heavy atom. The Morgan fingerprint density at radius 3 is 2.77 bits per heavy atom. The average Bonchev–Trinajstić information content (AvgIpc) is 3.08. The van der Waals surface area contributed by atoms with Crippen LogP contribution >= 0.6 is 0 Å². The summed E-state index contributed by atoms with van der Waals surface area (Å²) < 4.78 is 11.6. The number of anilines is 1. The van der Waals surface area contributed by atoms with Gasteiger partial charge in [-0.15, -0.1) is 5.10 Å². The van der Waals surface area contributed by atoms with Crippen molar-refractivity contribution in [2.75, 3.05) is 25.5 Å². The fourth-order valence-corrected chi connectivity index (χ4v) is 3.43. The third-order valence-electron chi connectivity index (χ3n) is 5.03. The maximum Gasteiger partial charge on any atom is 0.420 e. The number of methoxy groups -OCH3 is 1. The van der Waals surface area contributed by atoms with Crippen molar-refractivity contribution in [3.63, 3.8) is 0 Å². The smallest absolute Gasteiger partial charge is 0.420 e. The number of oxazole rings is 1. The molecular weight excluding hydrogens is 390 g/mol. The lowest BCUT2D eigenvalue weighted by Crippen LogP contribution is -2.39. The number of carbonyl (C=O) groups excluding carboxylic acids is 2. The van der Waals surface area contributed by atoms with Crippen LogP contribution in [0, 0.1) is 0 Å². The van der Waals surface area contributed by atoms with Gasteiger partial charge < -0.3 is 19.4 Å². The van der Waals surface area contributed by atoms with Crippen LogP contribution in [0.15, 0.2) is 39.7 Å². The minimum Gasteiger partial charge on any atom is -0.495 e. The van der Waals surface area contributed by atoms with Crippen LogP contribution in [-0.4, -0.2) is 51.7 Å². The topological polar surface area (TPSA) is 120 Å². The van der Waals surface area contributed by atoms with Crippen molar-refractivity contribution in [3.8, 4) is 5.75 Å². The zero-order valence-electron chi connectivity index (χ0n) is 16.5. The normalized spacial score (nSPS) is 14.0. The predicted octanol–water partition coefficient (Wildman–Crippen LogP) is 1.66. The van der Waals surface area contributed by atoms with E-state index >= 15 is 0 Å². The Morgan fingerprint density at radius 1 is 1.20 bits per heavy atom. The standard InChI is InChI=1S/C20H21N5O5/c1-29-14-10-15(23-21-11-14)19(27)22-13-5-6-17-16(9-13)25(20(28)30-17)12-18(26)24-7-3-2-4-8-24/h5-6,9-11H,2-4,7-8,12H2,1H3,(H,22,27). The fourth-order valence-electron chi connectivity index (χ4n) is 3.43. The van der Waals surface area contributed by atoms with Gasteiger partial charge in [0.05, 0.1) is 18.8 Å². The zero-order chi connectivity index (χ0) is 21.1. The van der Waals surface area contributed by atoms with E-state index in [1.165, 1.54) is 23.9 Å². The molecule has 3 aromatic rings. The van der Waals surface area contributed by atoms with Gasteiger partial charge in [0, 0.05) is 24.8 Å².